The maximum Gasteiger partial charge on any atom is 0.318 e. The molecular weight excluding hydrogens is 237 g/mol. The highest BCUT2D eigenvalue weighted by Crippen LogP contribution is 2.06. The van der Waals surface area contributed by atoms with Gasteiger partial charge in [0.15, 0.2) is 0 Å². The van der Waals surface area contributed by atoms with Crippen molar-refractivity contribution in [3.8, 4) is 0 Å². The summed E-state index contributed by atoms with van der Waals surface area (Å²) in [6.45, 7) is 2.02. The summed E-state index contributed by atoms with van der Waals surface area (Å²) in [5, 5.41) is 4.84. The van der Waals surface area contributed by atoms with Gasteiger partial charge in [-0.1, -0.05) is 18.2 Å². The predicted octanol–water partition coefficient (Wildman–Crippen LogP) is 0.541. The second kappa shape index (κ2) is 6.70. The highest BCUT2D eigenvalue weighted by molar-refractivity contribution is 5.96. The van der Waals surface area contributed by atoms with Gasteiger partial charge in [-0.3, -0.25) is 10.1 Å². The molecule has 1 aromatic carbocycles. The number of halogens is 1. The largest absolute Gasteiger partial charge is 0.351 e. The van der Waals surface area contributed by atoms with Crippen LogP contribution < -0.4 is 16.4 Å². The van der Waals surface area contributed by atoms with Gasteiger partial charge in [-0.25, -0.2) is 9.18 Å². The van der Waals surface area contributed by atoms with E-state index >= 15 is 0 Å². The van der Waals surface area contributed by atoms with Crippen molar-refractivity contribution < 1.29 is 14.0 Å². The molecule has 0 saturated carbocycles. The molecule has 0 saturated heterocycles. The molecule has 0 radical (unpaired) electrons. The fourth-order valence-electron chi connectivity index (χ4n) is 1.45. The molecule has 0 aliphatic carbocycles. The Labute approximate surface area is 105 Å². The molecule has 5 nitrogen and oxygen atoms in total. The zero-order valence-electron chi connectivity index (χ0n) is 10.1. The minimum absolute atomic E-state index is 0.270. The number of carbonyl (C=O) groups excluding carboxylic acids is 2. The van der Waals surface area contributed by atoms with Crippen LogP contribution in [0.2, 0.25) is 0 Å². The van der Waals surface area contributed by atoms with E-state index in [9.17, 15) is 14.0 Å². The molecule has 98 valence electrons. The second-order valence-corrected chi connectivity index (χ2v) is 3.87. The van der Waals surface area contributed by atoms with Gasteiger partial charge in [-0.15, -0.1) is 0 Å². The molecule has 1 atom stereocenters. The van der Waals surface area contributed by atoms with Crippen LogP contribution >= 0.6 is 0 Å². The van der Waals surface area contributed by atoms with Crippen LogP contribution in [-0.4, -0.2) is 24.5 Å². The molecule has 4 N–H and O–H groups in total. The molecule has 0 fully saturated rings. The monoisotopic (exact) mass is 253 g/mol. The lowest BCUT2D eigenvalue weighted by Crippen LogP contribution is -2.46. The number of nitrogens with one attached hydrogen (secondary N) is 2. The first-order chi connectivity index (χ1) is 8.50. The number of imide groups is 1. The Bertz CT molecular complexity index is 437. The van der Waals surface area contributed by atoms with Gasteiger partial charge in [0.05, 0.1) is 6.04 Å². The van der Waals surface area contributed by atoms with Gasteiger partial charge in [-0.05, 0) is 25.0 Å². The topological polar surface area (TPSA) is 84.2 Å². The lowest BCUT2D eigenvalue weighted by Gasteiger charge is -2.12. The molecule has 1 unspecified atom stereocenters. The quantitative estimate of drug-likeness (QED) is 0.716. The predicted molar refractivity (Wildman–Crippen MR) is 65.3 cm³/mol. The van der Waals surface area contributed by atoms with E-state index < -0.39 is 18.0 Å². The minimum atomic E-state index is -0.886. The summed E-state index contributed by atoms with van der Waals surface area (Å²) < 4.78 is 13.3. The van der Waals surface area contributed by atoms with Crippen LogP contribution in [0.25, 0.3) is 0 Å². The number of urea groups is 1. The molecule has 3 amide bonds. The zero-order valence-corrected chi connectivity index (χ0v) is 10.1. The third-order valence-corrected chi connectivity index (χ3v) is 2.44. The van der Waals surface area contributed by atoms with Crippen molar-refractivity contribution in [2.24, 2.45) is 5.73 Å². The lowest BCUT2D eigenvalue weighted by molar-refractivity contribution is -0.121. The Hall–Kier alpha value is -1.95. The van der Waals surface area contributed by atoms with Crippen molar-refractivity contribution in [2.45, 2.75) is 19.4 Å². The minimum Gasteiger partial charge on any atom is -0.351 e. The van der Waals surface area contributed by atoms with Crippen molar-refractivity contribution in [1.82, 2.24) is 10.6 Å². The van der Waals surface area contributed by atoms with Gasteiger partial charge in [0.25, 0.3) is 0 Å². The normalized spacial score (nSPS) is 11.9. The van der Waals surface area contributed by atoms with E-state index in [1.807, 2.05) is 5.32 Å². The van der Waals surface area contributed by atoms with E-state index in [0.717, 1.165) is 0 Å². The van der Waals surface area contributed by atoms with E-state index in [2.05, 4.69) is 5.32 Å². The molecule has 0 heterocycles. The third kappa shape index (κ3) is 4.50. The number of primary amides is 1. The number of carbonyl (C=O) groups is 2. The summed E-state index contributed by atoms with van der Waals surface area (Å²) in [6, 6.07) is 4.99. The van der Waals surface area contributed by atoms with Gasteiger partial charge in [-0.2, -0.15) is 0 Å². The number of benzene rings is 1. The fraction of sp³-hybridized carbons (Fsp3) is 0.333. The van der Waals surface area contributed by atoms with Gasteiger partial charge >= 0.3 is 6.03 Å². The van der Waals surface area contributed by atoms with Gasteiger partial charge in [0.2, 0.25) is 5.91 Å². The Morgan fingerprint density at radius 2 is 2.06 bits per heavy atom. The van der Waals surface area contributed by atoms with Gasteiger partial charge in [0, 0.05) is 6.54 Å². The van der Waals surface area contributed by atoms with Gasteiger partial charge in [0.1, 0.15) is 5.82 Å². The molecule has 1 rings (SSSR count). The van der Waals surface area contributed by atoms with Crippen molar-refractivity contribution in [2.75, 3.05) is 6.54 Å². The first-order valence-corrected chi connectivity index (χ1v) is 5.58. The maximum atomic E-state index is 13.3. The van der Waals surface area contributed by atoms with Crippen LogP contribution in [0.5, 0.6) is 0 Å². The maximum absolute atomic E-state index is 13.3. The molecule has 0 aliphatic rings. The van der Waals surface area contributed by atoms with E-state index in [1.54, 1.807) is 25.1 Å². The van der Waals surface area contributed by atoms with Crippen molar-refractivity contribution in [1.29, 1.82) is 0 Å². The van der Waals surface area contributed by atoms with E-state index in [0.29, 0.717) is 18.5 Å². The van der Waals surface area contributed by atoms with E-state index in [1.165, 1.54) is 6.07 Å². The highest BCUT2D eigenvalue weighted by Gasteiger charge is 2.13. The van der Waals surface area contributed by atoms with Crippen molar-refractivity contribution in [3.05, 3.63) is 35.6 Å². The van der Waals surface area contributed by atoms with E-state index in [-0.39, 0.29) is 5.82 Å². The first kappa shape index (κ1) is 14.1. The number of hydrogen-bond donors (Lipinski definition) is 3. The Morgan fingerprint density at radius 3 is 2.67 bits per heavy atom. The lowest BCUT2D eigenvalue weighted by atomic mass is 10.1. The summed E-state index contributed by atoms with van der Waals surface area (Å²) in [7, 11) is 0. The molecule has 6 heteroatoms. The van der Waals surface area contributed by atoms with Crippen LogP contribution in [0.1, 0.15) is 12.5 Å². The molecule has 0 aromatic heterocycles. The van der Waals surface area contributed by atoms with Crippen LogP contribution in [-0.2, 0) is 11.2 Å². The summed E-state index contributed by atoms with van der Waals surface area (Å²) >= 11 is 0. The summed E-state index contributed by atoms with van der Waals surface area (Å²) in [4.78, 5) is 21.8. The molecule has 18 heavy (non-hydrogen) atoms. The zero-order chi connectivity index (χ0) is 13.5. The fourth-order valence-corrected chi connectivity index (χ4v) is 1.45. The standard InChI is InChI=1S/C12H16FN3O2/c1-8(11(17)16-12(14)18)15-7-6-9-4-2-3-5-10(9)13/h2-5,8,15H,6-7H2,1H3,(H3,14,16,17,18). The molecule has 0 aliphatic heterocycles. The van der Waals surface area contributed by atoms with Crippen LogP contribution in [0.4, 0.5) is 9.18 Å². The smallest absolute Gasteiger partial charge is 0.318 e. The molecule has 1 aromatic rings. The average molecular weight is 253 g/mol. The summed E-state index contributed by atoms with van der Waals surface area (Å²) in [6.07, 6.45) is 0.459. The van der Waals surface area contributed by atoms with Crippen LogP contribution in [0, 0.1) is 5.82 Å². The molecule has 0 spiro atoms. The number of rotatable bonds is 5. The Kier molecular flexibility index (Phi) is 5.26. The van der Waals surface area contributed by atoms with Crippen LogP contribution in [0.15, 0.2) is 24.3 Å². The van der Waals surface area contributed by atoms with Crippen LogP contribution in [0.3, 0.4) is 0 Å². The number of hydrogen-bond acceptors (Lipinski definition) is 3. The molecule has 0 bridgehead atoms. The van der Waals surface area contributed by atoms with Gasteiger partial charge < -0.3 is 11.1 Å². The SMILES string of the molecule is CC(NCCc1ccccc1F)C(=O)NC(N)=O. The summed E-state index contributed by atoms with van der Waals surface area (Å²) in [5.41, 5.74) is 5.40. The Balaban J connectivity index is 2.36. The number of amides is 3. The first-order valence-electron chi connectivity index (χ1n) is 5.58. The third-order valence-electron chi connectivity index (χ3n) is 2.44. The summed E-state index contributed by atoms with van der Waals surface area (Å²) in [5.74, 6) is -0.774. The Morgan fingerprint density at radius 1 is 1.39 bits per heavy atom. The highest BCUT2D eigenvalue weighted by atomic mass is 19.1. The second-order valence-electron chi connectivity index (χ2n) is 3.87. The molecular formula is C12H16FN3O2. The van der Waals surface area contributed by atoms with Crippen molar-refractivity contribution in [3.63, 3.8) is 0 Å². The average Bonchev–Trinajstić information content (AvgIpc) is 2.30. The number of nitrogens with two attached hydrogens (primary N) is 1. The van der Waals surface area contributed by atoms with Crippen molar-refractivity contribution >= 4 is 11.9 Å². The van der Waals surface area contributed by atoms with E-state index in [4.69, 9.17) is 5.73 Å².